The van der Waals surface area contributed by atoms with Crippen LogP contribution in [0.4, 0.5) is 17.3 Å². The summed E-state index contributed by atoms with van der Waals surface area (Å²) in [6, 6.07) is 9.18. The lowest BCUT2D eigenvalue weighted by Gasteiger charge is -2.32. The average Bonchev–Trinajstić information content (AvgIpc) is 2.69. The zero-order valence-corrected chi connectivity index (χ0v) is 15.5. The van der Waals surface area contributed by atoms with Crippen LogP contribution in [0.1, 0.15) is 5.56 Å². The van der Waals surface area contributed by atoms with Crippen molar-refractivity contribution in [2.75, 3.05) is 44.1 Å². The minimum atomic E-state index is -0.579. The number of carbonyl (C=O) groups excluding carboxylic acids is 1. The van der Waals surface area contributed by atoms with Crippen molar-refractivity contribution in [2.24, 2.45) is 0 Å². The Morgan fingerprint density at radius 1 is 1.14 bits per heavy atom. The van der Waals surface area contributed by atoms with Crippen molar-refractivity contribution in [3.63, 3.8) is 0 Å². The Balaban J connectivity index is 1.67. The van der Waals surface area contributed by atoms with E-state index in [0.29, 0.717) is 13.1 Å². The number of carbonyl (C=O) groups is 1. The molecule has 1 fully saturated rings. The number of hydrogen-bond acceptors (Lipinski definition) is 9. The van der Waals surface area contributed by atoms with Crippen molar-refractivity contribution >= 4 is 23.2 Å². The lowest BCUT2D eigenvalue weighted by molar-refractivity contribution is -0.383. The second-order valence-electron chi connectivity index (χ2n) is 6.41. The molecule has 0 aliphatic carbocycles. The number of hydrazine groups is 2. The van der Waals surface area contributed by atoms with Gasteiger partial charge in [-0.05, 0) is 12.6 Å². The molecule has 1 aliphatic rings. The van der Waals surface area contributed by atoms with E-state index in [4.69, 9.17) is 0 Å². The highest BCUT2D eigenvalue weighted by atomic mass is 16.6. The van der Waals surface area contributed by atoms with Crippen LogP contribution in [0.3, 0.4) is 0 Å². The minimum absolute atomic E-state index is 0.0735. The molecule has 1 aliphatic heterocycles. The normalized spacial score (nSPS) is 15.0. The summed E-state index contributed by atoms with van der Waals surface area (Å²) in [6.45, 7) is 3.08. The molecule has 1 saturated heterocycles. The minimum Gasteiger partial charge on any atom is -0.304 e. The van der Waals surface area contributed by atoms with Gasteiger partial charge in [0.05, 0.1) is 11.3 Å². The van der Waals surface area contributed by atoms with Crippen LogP contribution in [-0.2, 0) is 11.2 Å². The Kier molecular flexibility index (Phi) is 6.29. The van der Waals surface area contributed by atoms with Crippen LogP contribution in [0.15, 0.2) is 36.7 Å². The van der Waals surface area contributed by atoms with E-state index in [1.807, 2.05) is 42.4 Å². The van der Waals surface area contributed by atoms with E-state index in [9.17, 15) is 14.9 Å². The van der Waals surface area contributed by atoms with E-state index in [1.54, 1.807) is 0 Å². The fourth-order valence-corrected chi connectivity index (χ4v) is 2.75. The fourth-order valence-electron chi connectivity index (χ4n) is 2.75. The van der Waals surface area contributed by atoms with Gasteiger partial charge in [-0.15, -0.1) is 0 Å². The van der Waals surface area contributed by atoms with Crippen LogP contribution in [0.5, 0.6) is 0 Å². The molecule has 3 N–H and O–H groups in total. The van der Waals surface area contributed by atoms with E-state index < -0.39 is 4.92 Å². The zero-order valence-electron chi connectivity index (χ0n) is 15.5. The first kappa shape index (κ1) is 19.5. The average molecular weight is 386 g/mol. The first-order chi connectivity index (χ1) is 13.5. The van der Waals surface area contributed by atoms with Crippen LogP contribution in [-0.4, -0.2) is 63.9 Å². The molecule has 0 spiro atoms. The Hall–Kier alpha value is -3.31. The van der Waals surface area contributed by atoms with Gasteiger partial charge in [-0.2, -0.15) is 0 Å². The van der Waals surface area contributed by atoms with Crippen LogP contribution >= 0.6 is 0 Å². The smallest absolute Gasteiger partial charge is 0.304 e. The predicted octanol–water partition coefficient (Wildman–Crippen LogP) is 0.645. The van der Waals surface area contributed by atoms with Crippen molar-refractivity contribution in [3.05, 3.63) is 52.3 Å². The molecule has 0 atom stereocenters. The highest BCUT2D eigenvalue weighted by molar-refractivity contribution is 5.80. The summed E-state index contributed by atoms with van der Waals surface area (Å²) in [5.74, 6) is -0.352. The van der Waals surface area contributed by atoms with Gasteiger partial charge in [0.1, 0.15) is 6.33 Å². The topological polar surface area (TPSA) is 129 Å². The molecule has 2 aromatic rings. The van der Waals surface area contributed by atoms with Crippen LogP contribution < -0.4 is 16.3 Å². The summed E-state index contributed by atoms with van der Waals surface area (Å²) >= 11 is 0. The predicted molar refractivity (Wildman–Crippen MR) is 103 cm³/mol. The highest BCUT2D eigenvalue weighted by Crippen LogP contribution is 2.28. The monoisotopic (exact) mass is 386 g/mol. The molecule has 0 bridgehead atoms. The standard InChI is InChI=1S/C17H22N8O3/c1-23-7-9-24(10-8-23)22-17-15(25(27)28)16(18-12-19-17)21-20-14(26)11-13-5-3-2-4-6-13/h2-6,12H,7-11H2,1H3,(H,20,26)(H2,18,19,21,22). The number of likely N-dealkylation sites (N-methyl/N-ethyl adjacent to an activating group) is 1. The van der Waals surface area contributed by atoms with Gasteiger partial charge in [-0.25, -0.2) is 15.0 Å². The zero-order chi connectivity index (χ0) is 19.9. The van der Waals surface area contributed by atoms with Crippen LogP contribution in [0.25, 0.3) is 0 Å². The lowest BCUT2D eigenvalue weighted by Crippen LogP contribution is -2.47. The number of benzene rings is 1. The van der Waals surface area contributed by atoms with Gasteiger partial charge in [0.15, 0.2) is 0 Å². The maximum absolute atomic E-state index is 12.1. The second-order valence-corrected chi connectivity index (χ2v) is 6.41. The Bertz CT molecular complexity index is 824. The molecule has 1 aromatic heterocycles. The number of nitrogens with zero attached hydrogens (tertiary/aromatic N) is 5. The quantitative estimate of drug-likeness (QED) is 0.464. The SMILES string of the molecule is CN1CCN(Nc2ncnc(NNC(=O)Cc3ccccc3)c2[N+](=O)[O-])CC1. The van der Waals surface area contributed by atoms with Crippen molar-refractivity contribution in [1.29, 1.82) is 0 Å². The number of nitro groups is 1. The first-order valence-corrected chi connectivity index (χ1v) is 8.81. The molecule has 11 nitrogen and oxygen atoms in total. The second kappa shape index (κ2) is 9.06. The highest BCUT2D eigenvalue weighted by Gasteiger charge is 2.25. The number of anilines is 2. The van der Waals surface area contributed by atoms with E-state index in [0.717, 1.165) is 18.7 Å². The maximum Gasteiger partial charge on any atom is 0.356 e. The van der Waals surface area contributed by atoms with E-state index in [2.05, 4.69) is 31.1 Å². The molecule has 1 amide bonds. The number of hydrogen-bond donors (Lipinski definition) is 3. The largest absolute Gasteiger partial charge is 0.356 e. The fraction of sp³-hybridized carbons (Fsp3) is 0.353. The molecular formula is C17H22N8O3. The van der Waals surface area contributed by atoms with Gasteiger partial charge in [0, 0.05) is 26.2 Å². The van der Waals surface area contributed by atoms with Gasteiger partial charge < -0.3 is 4.90 Å². The van der Waals surface area contributed by atoms with Crippen LogP contribution in [0, 0.1) is 10.1 Å². The van der Waals surface area contributed by atoms with Gasteiger partial charge in [-0.1, -0.05) is 30.3 Å². The third-order valence-corrected chi connectivity index (χ3v) is 4.30. The molecule has 0 unspecified atom stereocenters. The molecule has 1 aromatic carbocycles. The van der Waals surface area contributed by atoms with Gasteiger partial charge >= 0.3 is 5.69 Å². The van der Waals surface area contributed by atoms with Crippen molar-refractivity contribution < 1.29 is 9.72 Å². The number of aromatic nitrogens is 2. The van der Waals surface area contributed by atoms with Crippen molar-refractivity contribution in [1.82, 2.24) is 25.3 Å². The molecule has 0 saturated carbocycles. The number of nitrogens with one attached hydrogen (secondary N) is 3. The van der Waals surface area contributed by atoms with E-state index in [-0.39, 0.29) is 29.7 Å². The summed E-state index contributed by atoms with van der Waals surface area (Å²) in [5, 5.41) is 13.4. The third kappa shape index (κ3) is 5.11. The molecule has 148 valence electrons. The summed E-state index contributed by atoms with van der Waals surface area (Å²) in [4.78, 5) is 33.1. The van der Waals surface area contributed by atoms with Gasteiger partial charge in [0.25, 0.3) is 0 Å². The van der Waals surface area contributed by atoms with Crippen LogP contribution in [0.2, 0.25) is 0 Å². The Labute approximate surface area is 161 Å². The molecule has 11 heteroatoms. The molecule has 2 heterocycles. The van der Waals surface area contributed by atoms with Crippen molar-refractivity contribution in [3.8, 4) is 0 Å². The van der Waals surface area contributed by atoms with Crippen molar-refractivity contribution in [2.45, 2.75) is 6.42 Å². The number of amides is 1. The molecular weight excluding hydrogens is 364 g/mol. The number of rotatable bonds is 7. The summed E-state index contributed by atoms with van der Waals surface area (Å²) in [7, 11) is 2.02. The summed E-state index contributed by atoms with van der Waals surface area (Å²) in [6.07, 6.45) is 1.34. The molecule has 28 heavy (non-hydrogen) atoms. The number of piperazine rings is 1. The summed E-state index contributed by atoms with van der Waals surface area (Å²) in [5.41, 5.74) is 8.47. The third-order valence-electron chi connectivity index (χ3n) is 4.30. The Morgan fingerprint density at radius 2 is 1.82 bits per heavy atom. The summed E-state index contributed by atoms with van der Waals surface area (Å²) < 4.78 is 0. The van der Waals surface area contributed by atoms with E-state index >= 15 is 0 Å². The Morgan fingerprint density at radius 3 is 2.50 bits per heavy atom. The first-order valence-electron chi connectivity index (χ1n) is 8.81. The molecule has 0 radical (unpaired) electrons. The van der Waals surface area contributed by atoms with Gasteiger partial charge in [0.2, 0.25) is 17.5 Å². The van der Waals surface area contributed by atoms with E-state index in [1.165, 1.54) is 6.33 Å². The lowest BCUT2D eigenvalue weighted by atomic mass is 10.1. The molecule has 3 rings (SSSR count). The van der Waals surface area contributed by atoms with Gasteiger partial charge in [-0.3, -0.25) is 31.2 Å². The maximum atomic E-state index is 12.1.